The van der Waals surface area contributed by atoms with Gasteiger partial charge in [-0.05, 0) is 42.7 Å². The largest absolute Gasteiger partial charge is 0.506 e. The Morgan fingerprint density at radius 1 is 1.30 bits per heavy atom. The minimum atomic E-state index is -0.426. The molecule has 0 saturated carbocycles. The predicted octanol–water partition coefficient (Wildman–Crippen LogP) is 2.27. The summed E-state index contributed by atoms with van der Waals surface area (Å²) in [5.74, 6) is 0.565. The Balaban J connectivity index is 1.63. The third-order valence-corrected chi connectivity index (χ3v) is 5.48. The molecule has 1 aliphatic heterocycles. The van der Waals surface area contributed by atoms with E-state index in [4.69, 9.17) is 11.6 Å². The highest BCUT2D eigenvalue weighted by Crippen LogP contribution is 2.26. The van der Waals surface area contributed by atoms with Gasteiger partial charge in [0.15, 0.2) is 5.82 Å². The fraction of sp³-hybridized carbons (Fsp3) is 0.273. The number of nitrogens with zero attached hydrogens (tertiary/aromatic N) is 6. The van der Waals surface area contributed by atoms with Gasteiger partial charge in [-0.2, -0.15) is 4.98 Å². The Morgan fingerprint density at radius 2 is 2.12 bits per heavy atom. The minimum absolute atomic E-state index is 0.00666. The van der Waals surface area contributed by atoms with E-state index in [1.807, 2.05) is 4.90 Å². The van der Waals surface area contributed by atoms with Gasteiger partial charge in [0.05, 0.1) is 24.2 Å². The molecule has 2 aromatic heterocycles. The average molecular weight is 468 g/mol. The summed E-state index contributed by atoms with van der Waals surface area (Å²) in [7, 11) is 0. The average Bonchev–Trinajstić information content (AvgIpc) is 3.33. The van der Waals surface area contributed by atoms with Gasteiger partial charge in [0.1, 0.15) is 17.1 Å². The summed E-state index contributed by atoms with van der Waals surface area (Å²) in [6, 6.07) is 6.27. The molecule has 0 aliphatic carbocycles. The fourth-order valence-corrected chi connectivity index (χ4v) is 3.65. The van der Waals surface area contributed by atoms with Crippen LogP contribution in [0, 0.1) is 0 Å². The molecule has 11 heteroatoms. The number of anilines is 1. The van der Waals surface area contributed by atoms with Crippen molar-refractivity contribution >= 4 is 35.5 Å². The number of hydrogen-bond acceptors (Lipinski definition) is 9. The van der Waals surface area contributed by atoms with Crippen LogP contribution in [0.2, 0.25) is 5.02 Å². The maximum absolute atomic E-state index is 12.9. The highest BCUT2D eigenvalue weighted by atomic mass is 35.5. The van der Waals surface area contributed by atoms with Crippen LogP contribution in [0.25, 0.3) is 0 Å². The maximum atomic E-state index is 12.9. The molecule has 10 nitrogen and oxygen atoms in total. The lowest BCUT2D eigenvalue weighted by atomic mass is 10.2. The highest BCUT2D eigenvalue weighted by molar-refractivity contribution is 6.32. The third kappa shape index (κ3) is 5.41. The highest BCUT2D eigenvalue weighted by Gasteiger charge is 2.27. The number of halogens is 1. The van der Waals surface area contributed by atoms with Gasteiger partial charge < -0.3 is 20.4 Å². The van der Waals surface area contributed by atoms with Crippen molar-refractivity contribution in [2.75, 3.05) is 18.1 Å². The number of aromatic hydroxyl groups is 1. The molecule has 1 aliphatic rings. The van der Waals surface area contributed by atoms with E-state index in [1.165, 1.54) is 18.5 Å². The first-order valence-corrected chi connectivity index (χ1v) is 10.7. The SMILES string of the molecule is O=C(NCc1ncccn1)c1cnc(N2CCC[C@H]2CO)nc1N=Cc1ccc(O)c(Cl)c1. The van der Waals surface area contributed by atoms with Crippen LogP contribution in [-0.2, 0) is 6.54 Å². The predicted molar refractivity (Wildman–Crippen MR) is 123 cm³/mol. The molecule has 0 spiro atoms. The fourth-order valence-electron chi connectivity index (χ4n) is 3.46. The molecule has 3 aromatic rings. The molecule has 0 radical (unpaired) electrons. The van der Waals surface area contributed by atoms with Crippen LogP contribution in [0.1, 0.15) is 34.6 Å². The number of carbonyl (C=O) groups is 1. The molecule has 1 atom stereocenters. The summed E-state index contributed by atoms with van der Waals surface area (Å²) in [6.45, 7) is 0.836. The summed E-state index contributed by atoms with van der Waals surface area (Å²) in [6.07, 6.45) is 7.87. The molecule has 170 valence electrons. The van der Waals surface area contributed by atoms with Crippen LogP contribution < -0.4 is 10.2 Å². The smallest absolute Gasteiger partial charge is 0.257 e. The van der Waals surface area contributed by atoms with Gasteiger partial charge in [-0.25, -0.2) is 19.9 Å². The van der Waals surface area contributed by atoms with E-state index in [0.717, 1.165) is 12.8 Å². The van der Waals surface area contributed by atoms with Gasteiger partial charge in [-0.15, -0.1) is 0 Å². The monoisotopic (exact) mass is 467 g/mol. The first-order valence-electron chi connectivity index (χ1n) is 10.4. The lowest BCUT2D eigenvalue weighted by Crippen LogP contribution is -2.33. The molecule has 1 saturated heterocycles. The number of benzene rings is 1. The molecular weight excluding hydrogens is 446 g/mol. The Morgan fingerprint density at radius 3 is 2.88 bits per heavy atom. The maximum Gasteiger partial charge on any atom is 0.257 e. The Hall–Kier alpha value is -3.63. The van der Waals surface area contributed by atoms with E-state index in [2.05, 4.69) is 30.2 Å². The van der Waals surface area contributed by atoms with Crippen LogP contribution in [0.4, 0.5) is 11.8 Å². The van der Waals surface area contributed by atoms with E-state index < -0.39 is 5.91 Å². The molecular formula is C22H22ClN7O3. The number of hydrogen-bond donors (Lipinski definition) is 3. The molecule has 1 fully saturated rings. The summed E-state index contributed by atoms with van der Waals surface area (Å²) < 4.78 is 0. The van der Waals surface area contributed by atoms with Crippen molar-refractivity contribution in [1.82, 2.24) is 25.3 Å². The van der Waals surface area contributed by atoms with Crippen molar-refractivity contribution in [3.63, 3.8) is 0 Å². The number of aliphatic hydroxyl groups is 1. The quantitative estimate of drug-likeness (QED) is 0.450. The first kappa shape index (κ1) is 22.6. The van der Waals surface area contributed by atoms with E-state index >= 15 is 0 Å². The molecule has 4 rings (SSSR count). The molecule has 1 aromatic carbocycles. The summed E-state index contributed by atoms with van der Waals surface area (Å²) in [4.78, 5) is 36.3. The minimum Gasteiger partial charge on any atom is -0.506 e. The number of nitrogens with one attached hydrogen (secondary N) is 1. The second-order valence-electron chi connectivity index (χ2n) is 7.40. The Kier molecular flexibility index (Phi) is 7.06. The molecule has 33 heavy (non-hydrogen) atoms. The lowest BCUT2D eigenvalue weighted by Gasteiger charge is -2.23. The summed E-state index contributed by atoms with van der Waals surface area (Å²) in [5, 5.41) is 22.2. The van der Waals surface area contributed by atoms with Crippen molar-refractivity contribution in [3.8, 4) is 5.75 Å². The van der Waals surface area contributed by atoms with Crippen molar-refractivity contribution in [2.45, 2.75) is 25.4 Å². The lowest BCUT2D eigenvalue weighted by molar-refractivity contribution is 0.0950. The summed E-state index contributed by atoms with van der Waals surface area (Å²) >= 11 is 5.98. The Bertz CT molecular complexity index is 1160. The van der Waals surface area contributed by atoms with Crippen molar-refractivity contribution < 1.29 is 15.0 Å². The van der Waals surface area contributed by atoms with Crippen LogP contribution in [-0.4, -0.2) is 61.5 Å². The van der Waals surface area contributed by atoms with E-state index in [9.17, 15) is 15.0 Å². The zero-order valence-electron chi connectivity index (χ0n) is 17.6. The topological polar surface area (TPSA) is 137 Å². The zero-order chi connectivity index (χ0) is 23.2. The van der Waals surface area contributed by atoms with Crippen LogP contribution in [0.15, 0.2) is 47.8 Å². The normalized spacial score (nSPS) is 15.8. The third-order valence-electron chi connectivity index (χ3n) is 5.18. The number of phenolic OH excluding ortho intramolecular Hbond substituents is 1. The number of amides is 1. The molecule has 0 unspecified atom stereocenters. The summed E-state index contributed by atoms with van der Waals surface area (Å²) in [5.41, 5.74) is 0.798. The van der Waals surface area contributed by atoms with Crippen molar-refractivity contribution in [1.29, 1.82) is 0 Å². The van der Waals surface area contributed by atoms with Crippen LogP contribution in [0.5, 0.6) is 5.75 Å². The van der Waals surface area contributed by atoms with Crippen molar-refractivity contribution in [2.24, 2.45) is 4.99 Å². The Labute approximate surface area is 195 Å². The van der Waals surface area contributed by atoms with Gasteiger partial charge in [0.25, 0.3) is 5.91 Å². The number of aliphatic imine (C=N–C) groups is 1. The van der Waals surface area contributed by atoms with Gasteiger partial charge in [0, 0.05) is 31.3 Å². The number of aromatic nitrogens is 4. The second-order valence-corrected chi connectivity index (χ2v) is 7.80. The number of rotatable bonds is 7. The molecule has 0 bridgehead atoms. The van der Waals surface area contributed by atoms with E-state index in [0.29, 0.717) is 23.9 Å². The second kappa shape index (κ2) is 10.3. The van der Waals surface area contributed by atoms with Crippen molar-refractivity contribution in [3.05, 3.63) is 64.8 Å². The van der Waals surface area contributed by atoms with E-state index in [-0.39, 0.29) is 41.3 Å². The van der Waals surface area contributed by atoms with E-state index in [1.54, 1.807) is 30.6 Å². The zero-order valence-corrected chi connectivity index (χ0v) is 18.4. The first-order chi connectivity index (χ1) is 16.0. The standard InChI is InChI=1S/C22H22ClN7O3/c23-17-9-14(4-5-18(17)32)10-26-20-16(21(33)27-12-19-24-6-2-7-25-19)11-28-22(29-20)30-8-1-3-15(30)13-31/h2,4-7,9-11,15,31-32H,1,3,8,12-13H2,(H,27,33)/t15-/m0/s1. The molecule has 3 heterocycles. The molecule has 3 N–H and O–H groups in total. The van der Waals surface area contributed by atoms with Gasteiger partial charge >= 0.3 is 0 Å². The van der Waals surface area contributed by atoms with Crippen LogP contribution >= 0.6 is 11.6 Å². The number of aliphatic hydroxyl groups excluding tert-OH is 1. The van der Waals surface area contributed by atoms with Gasteiger partial charge in [-0.3, -0.25) is 4.79 Å². The van der Waals surface area contributed by atoms with Gasteiger partial charge in [-0.1, -0.05) is 11.6 Å². The number of phenols is 1. The van der Waals surface area contributed by atoms with Gasteiger partial charge in [0.2, 0.25) is 5.95 Å². The molecule has 1 amide bonds. The van der Waals surface area contributed by atoms with Crippen LogP contribution in [0.3, 0.4) is 0 Å². The number of carbonyl (C=O) groups excluding carboxylic acids is 1.